The molecule has 0 saturated heterocycles. The highest BCUT2D eigenvalue weighted by molar-refractivity contribution is 6.60. The molecule has 2 unspecified atom stereocenters. The van der Waals surface area contributed by atoms with Crippen molar-refractivity contribution in [3.05, 3.63) is 0 Å². The maximum Gasteiger partial charge on any atom is 0.501 e. The van der Waals surface area contributed by atoms with Crippen LogP contribution in [0.5, 0.6) is 0 Å². The Labute approximate surface area is 81.7 Å². The van der Waals surface area contributed by atoms with E-state index >= 15 is 0 Å². The first-order chi connectivity index (χ1) is 6.10. The quantitative estimate of drug-likeness (QED) is 0.505. The third kappa shape index (κ3) is 4.73. The first-order valence-electron chi connectivity index (χ1n) is 4.72. The molecule has 80 valence electrons. The van der Waals surface area contributed by atoms with Gasteiger partial charge in [-0.25, -0.2) is 0 Å². The SMILES string of the molecule is CCC[Si](OC)(OCC)OC(C)N. The van der Waals surface area contributed by atoms with E-state index in [0.717, 1.165) is 12.5 Å². The highest BCUT2D eigenvalue weighted by atomic mass is 28.4. The number of nitrogens with two attached hydrogens (primary N) is 1. The minimum absolute atomic E-state index is 0.329. The summed E-state index contributed by atoms with van der Waals surface area (Å²) in [4.78, 5) is 0. The van der Waals surface area contributed by atoms with E-state index in [1.54, 1.807) is 14.0 Å². The molecule has 0 aromatic carbocycles. The average Bonchev–Trinajstić information content (AvgIpc) is 2.04. The molecule has 5 heteroatoms. The van der Waals surface area contributed by atoms with Gasteiger partial charge in [-0.1, -0.05) is 13.3 Å². The van der Waals surface area contributed by atoms with E-state index in [9.17, 15) is 0 Å². The van der Waals surface area contributed by atoms with Gasteiger partial charge < -0.3 is 19.0 Å². The molecule has 0 aliphatic heterocycles. The molecule has 0 spiro atoms. The summed E-state index contributed by atoms with van der Waals surface area (Å²) in [6, 6.07) is 0.818. The molecule has 0 saturated carbocycles. The van der Waals surface area contributed by atoms with Crippen LogP contribution < -0.4 is 5.73 Å². The van der Waals surface area contributed by atoms with Crippen LogP contribution in [0.1, 0.15) is 27.2 Å². The van der Waals surface area contributed by atoms with Gasteiger partial charge in [-0.2, -0.15) is 0 Å². The summed E-state index contributed by atoms with van der Waals surface area (Å²) in [6.07, 6.45) is 0.650. The van der Waals surface area contributed by atoms with Crippen LogP contribution in [0.25, 0.3) is 0 Å². The van der Waals surface area contributed by atoms with Crippen LogP contribution in [-0.2, 0) is 13.3 Å². The molecule has 2 N–H and O–H groups in total. The second-order valence-corrected chi connectivity index (χ2v) is 5.69. The van der Waals surface area contributed by atoms with Gasteiger partial charge in [0.05, 0.1) is 6.23 Å². The van der Waals surface area contributed by atoms with Gasteiger partial charge in [-0.15, -0.1) is 0 Å². The summed E-state index contributed by atoms with van der Waals surface area (Å²) in [5, 5.41) is 0. The summed E-state index contributed by atoms with van der Waals surface area (Å²) < 4.78 is 16.4. The molecule has 13 heavy (non-hydrogen) atoms. The molecule has 0 rings (SSSR count). The minimum Gasteiger partial charge on any atom is -0.377 e. The van der Waals surface area contributed by atoms with E-state index in [1.165, 1.54) is 0 Å². The molecular weight excluding hydrogens is 186 g/mol. The topological polar surface area (TPSA) is 53.7 Å². The predicted molar refractivity (Wildman–Crippen MR) is 54.2 cm³/mol. The van der Waals surface area contributed by atoms with E-state index < -0.39 is 8.80 Å². The highest BCUT2D eigenvalue weighted by Crippen LogP contribution is 2.17. The van der Waals surface area contributed by atoms with Crippen molar-refractivity contribution in [2.75, 3.05) is 13.7 Å². The first-order valence-corrected chi connectivity index (χ1v) is 6.66. The van der Waals surface area contributed by atoms with Crippen molar-refractivity contribution in [2.45, 2.75) is 39.5 Å². The second-order valence-electron chi connectivity index (χ2n) is 2.89. The van der Waals surface area contributed by atoms with Gasteiger partial charge in [0.25, 0.3) is 0 Å². The molecule has 0 aromatic heterocycles. The zero-order valence-electron chi connectivity index (χ0n) is 9.00. The Balaban J connectivity index is 4.24. The number of hydrogen-bond acceptors (Lipinski definition) is 4. The Morgan fingerprint density at radius 1 is 1.38 bits per heavy atom. The van der Waals surface area contributed by atoms with Crippen LogP contribution >= 0.6 is 0 Å². The Morgan fingerprint density at radius 2 is 2.00 bits per heavy atom. The molecule has 0 radical (unpaired) electrons. The summed E-state index contributed by atoms with van der Waals surface area (Å²) in [6.45, 7) is 6.40. The van der Waals surface area contributed by atoms with E-state index in [0.29, 0.717) is 6.61 Å². The molecule has 0 aliphatic rings. The molecule has 0 heterocycles. The molecule has 0 fully saturated rings. The van der Waals surface area contributed by atoms with Gasteiger partial charge in [0.1, 0.15) is 0 Å². The fourth-order valence-corrected chi connectivity index (χ4v) is 3.55. The summed E-state index contributed by atoms with van der Waals surface area (Å²) in [5.74, 6) is 0. The van der Waals surface area contributed by atoms with E-state index in [4.69, 9.17) is 19.0 Å². The lowest BCUT2D eigenvalue weighted by Gasteiger charge is -2.28. The lowest BCUT2D eigenvalue weighted by Crippen LogP contribution is -2.48. The van der Waals surface area contributed by atoms with Crippen molar-refractivity contribution in [1.29, 1.82) is 0 Å². The van der Waals surface area contributed by atoms with E-state index in [2.05, 4.69) is 6.92 Å². The fraction of sp³-hybridized carbons (Fsp3) is 1.00. The summed E-state index contributed by atoms with van der Waals surface area (Å²) in [5.41, 5.74) is 5.57. The lowest BCUT2D eigenvalue weighted by molar-refractivity contribution is 0.0523. The maximum absolute atomic E-state index is 5.57. The van der Waals surface area contributed by atoms with Crippen molar-refractivity contribution in [3.8, 4) is 0 Å². The van der Waals surface area contributed by atoms with Gasteiger partial charge in [0.2, 0.25) is 0 Å². The Morgan fingerprint density at radius 3 is 2.31 bits per heavy atom. The molecule has 0 aliphatic carbocycles. The first kappa shape index (κ1) is 13.1. The van der Waals surface area contributed by atoms with Crippen LogP contribution in [0.15, 0.2) is 0 Å². The third-order valence-electron chi connectivity index (χ3n) is 1.60. The molecule has 0 aromatic rings. The monoisotopic (exact) mass is 207 g/mol. The smallest absolute Gasteiger partial charge is 0.377 e. The van der Waals surface area contributed by atoms with Gasteiger partial charge in [0.15, 0.2) is 0 Å². The lowest BCUT2D eigenvalue weighted by atomic mass is 10.6. The highest BCUT2D eigenvalue weighted by Gasteiger charge is 2.39. The van der Waals surface area contributed by atoms with Crippen molar-refractivity contribution in [2.24, 2.45) is 5.73 Å². The van der Waals surface area contributed by atoms with Crippen LogP contribution in [0.3, 0.4) is 0 Å². The maximum atomic E-state index is 5.57. The average molecular weight is 207 g/mol. The van der Waals surface area contributed by atoms with Crippen LogP contribution in [0, 0.1) is 0 Å². The standard InChI is InChI=1S/C8H21NO3Si/c1-5-7-13(10-4,11-6-2)12-8(3)9/h8H,5-7,9H2,1-4H3. The summed E-state index contributed by atoms with van der Waals surface area (Å²) >= 11 is 0. The van der Waals surface area contributed by atoms with Crippen molar-refractivity contribution in [3.63, 3.8) is 0 Å². The van der Waals surface area contributed by atoms with Gasteiger partial charge in [-0.05, 0) is 13.8 Å². The Bertz CT molecular complexity index is 127. The largest absolute Gasteiger partial charge is 0.501 e. The molecular formula is C8H21NO3Si. The van der Waals surface area contributed by atoms with Crippen molar-refractivity contribution in [1.82, 2.24) is 0 Å². The Kier molecular flexibility index (Phi) is 6.53. The molecule has 2 atom stereocenters. The fourth-order valence-electron chi connectivity index (χ4n) is 1.18. The van der Waals surface area contributed by atoms with Gasteiger partial charge in [0, 0.05) is 19.8 Å². The zero-order valence-corrected chi connectivity index (χ0v) is 10.0. The van der Waals surface area contributed by atoms with E-state index in [-0.39, 0.29) is 6.23 Å². The predicted octanol–water partition coefficient (Wildman–Crippen LogP) is 1.34. The summed E-state index contributed by atoms with van der Waals surface area (Å²) in [7, 11) is -0.833. The van der Waals surface area contributed by atoms with Crippen molar-refractivity contribution < 1.29 is 13.3 Å². The molecule has 4 nitrogen and oxygen atoms in total. The minimum atomic E-state index is -2.46. The van der Waals surface area contributed by atoms with Gasteiger partial charge >= 0.3 is 8.80 Å². The van der Waals surface area contributed by atoms with Crippen molar-refractivity contribution >= 4 is 8.80 Å². The second kappa shape index (κ2) is 6.50. The molecule has 0 bridgehead atoms. The zero-order chi connectivity index (χ0) is 10.3. The van der Waals surface area contributed by atoms with Gasteiger partial charge in [-0.3, -0.25) is 0 Å². The normalized spacial score (nSPS) is 18.2. The van der Waals surface area contributed by atoms with Crippen LogP contribution in [0.4, 0.5) is 0 Å². The molecule has 0 amide bonds. The van der Waals surface area contributed by atoms with Crippen LogP contribution in [0.2, 0.25) is 6.04 Å². The number of hydrogen-bond donors (Lipinski definition) is 1. The van der Waals surface area contributed by atoms with E-state index in [1.807, 2.05) is 6.92 Å². The third-order valence-corrected chi connectivity index (χ3v) is 4.79. The number of rotatable bonds is 7. The Hall–Kier alpha value is 0.0569. The van der Waals surface area contributed by atoms with Crippen LogP contribution in [-0.4, -0.2) is 28.7 Å².